The van der Waals surface area contributed by atoms with Crippen LogP contribution in [0, 0.1) is 0 Å². The minimum Gasteiger partial charge on any atom is -1.00 e. The summed E-state index contributed by atoms with van der Waals surface area (Å²) in [4.78, 5) is 36.9. The Hall–Kier alpha value is -3.10. The van der Waals surface area contributed by atoms with Crippen LogP contribution in [0.4, 0.5) is 4.79 Å². The molecule has 2 aliphatic rings. The van der Waals surface area contributed by atoms with E-state index < -0.39 is 40.4 Å². The molecule has 6 aromatic rings. The van der Waals surface area contributed by atoms with E-state index in [9.17, 15) is 24.0 Å². The van der Waals surface area contributed by atoms with Crippen LogP contribution in [0.1, 0.15) is 108 Å². The van der Waals surface area contributed by atoms with Gasteiger partial charge in [0, 0.05) is 20.0 Å². The first-order valence-corrected chi connectivity index (χ1v) is 28.9. The van der Waals surface area contributed by atoms with Crippen LogP contribution < -0.4 is 64.4 Å². The van der Waals surface area contributed by atoms with Crippen molar-refractivity contribution >= 4 is 74.7 Å². The monoisotopic (exact) mass is 1360 g/mol. The Balaban J connectivity index is 0.000000625. The van der Waals surface area contributed by atoms with Gasteiger partial charge in [-0.15, -0.1) is 0 Å². The fourth-order valence-electron chi connectivity index (χ4n) is 8.52. The standard InChI is InChI=1S/C27H28INO4.C23H30INO3S.C9H10O2.CH2O3.CH4.2Na.H/c28-23-16-17-24(33-26(23)30)25(22-14-8-3-9-15-22)29(18-20-10-4-1-5-11-20)27(31)32-19-21-12-6-2-7-13-21;1-23(2,3)29(27)25(16-17-10-6-4-7-11-17)21(18-12-8-5-9-13-18)20-15-14-19(24)22(26)28-20;1-8(10)11-7-9-5-3-2-4-6-9;2-1-4-3;;;;/h1-15,23-26,30H,16-19H2;4-13,19-22,26H,14-16H2,1-3H3;2-6H,7H2,1H3;1,3H;1H4;;;/q;;;;;2*+1;-1/p-1/t23?,24-,25+,26?;19?,20-,21+,22?,29+;;;;;;/m00....../s1. The van der Waals surface area contributed by atoms with E-state index in [0.717, 1.165) is 59.1 Å². The number of ether oxygens (including phenoxy) is 4. The van der Waals surface area contributed by atoms with Crippen molar-refractivity contribution in [2.45, 2.75) is 137 Å². The third-order valence-corrected chi connectivity index (χ3v) is 16.5. The molecule has 0 spiro atoms. The number of benzene rings is 6. The molecule has 422 valence electrons. The maximum atomic E-state index is 13.7. The van der Waals surface area contributed by atoms with Gasteiger partial charge in [0.1, 0.15) is 24.2 Å². The van der Waals surface area contributed by atoms with Crippen LogP contribution in [-0.4, -0.2) is 79.5 Å². The summed E-state index contributed by atoms with van der Waals surface area (Å²) in [7, 11) is -1.26. The predicted molar refractivity (Wildman–Crippen MR) is 320 cm³/mol. The van der Waals surface area contributed by atoms with Crippen molar-refractivity contribution in [3.05, 3.63) is 215 Å². The molecule has 14 nitrogen and oxygen atoms in total. The quantitative estimate of drug-likeness (QED) is 0.0226. The fourth-order valence-corrected chi connectivity index (χ4v) is 11.0. The molecule has 19 heteroatoms. The van der Waals surface area contributed by atoms with Crippen LogP contribution in [0.15, 0.2) is 182 Å². The number of alkyl halides is 2. The topological polar surface area (TPSA) is 184 Å². The minimum absolute atomic E-state index is 0. The first-order chi connectivity index (χ1) is 37.1. The normalized spacial score (nSPS) is 19.3. The Morgan fingerprint density at radius 2 is 0.963 bits per heavy atom. The Labute approximate surface area is 548 Å². The number of nitrogens with zero attached hydrogens (tertiary/aromatic N) is 2. The molecule has 0 radical (unpaired) electrons. The van der Waals surface area contributed by atoms with Crippen molar-refractivity contribution in [2.24, 2.45) is 0 Å². The molecule has 1 amide bonds. The van der Waals surface area contributed by atoms with Crippen LogP contribution in [0.2, 0.25) is 0 Å². The number of aliphatic hydroxyl groups is 2. The molecule has 6 aromatic carbocycles. The summed E-state index contributed by atoms with van der Waals surface area (Å²) < 4.78 is 38.1. The van der Waals surface area contributed by atoms with E-state index in [1.165, 1.54) is 6.92 Å². The van der Waals surface area contributed by atoms with Crippen LogP contribution in [0.5, 0.6) is 0 Å². The smallest absolute Gasteiger partial charge is 1.00 e. The first-order valence-electron chi connectivity index (χ1n) is 25.3. The third-order valence-electron chi connectivity index (χ3n) is 12.2. The molecule has 0 bridgehead atoms. The average Bonchev–Trinajstić information content (AvgIpc) is 3.53. The number of carbonyl (C=O) groups is 3. The van der Waals surface area contributed by atoms with Gasteiger partial charge in [-0.1, -0.05) is 235 Å². The van der Waals surface area contributed by atoms with E-state index in [4.69, 9.17) is 29.0 Å². The number of halogens is 2. The van der Waals surface area contributed by atoms with E-state index in [-0.39, 0.29) is 113 Å². The number of esters is 1. The zero-order valence-electron chi connectivity index (χ0n) is 46.7. The van der Waals surface area contributed by atoms with Gasteiger partial charge in [-0.2, -0.15) is 0 Å². The molecule has 80 heavy (non-hydrogen) atoms. The number of amides is 1. The van der Waals surface area contributed by atoms with Gasteiger partial charge in [-0.3, -0.25) is 14.5 Å². The second-order valence-electron chi connectivity index (χ2n) is 19.1. The van der Waals surface area contributed by atoms with E-state index in [1.54, 1.807) is 4.90 Å². The Morgan fingerprint density at radius 1 is 0.625 bits per heavy atom. The summed E-state index contributed by atoms with van der Waals surface area (Å²) in [6.45, 7) is 8.71. The van der Waals surface area contributed by atoms with Crippen molar-refractivity contribution in [1.29, 1.82) is 0 Å². The molecule has 2 N–H and O–H groups in total. The second kappa shape index (κ2) is 39.4. The molecule has 0 aliphatic carbocycles. The molecular weight excluding hydrogens is 1280 g/mol. The molecular formula is C61H74I2N2Na2O12S. The summed E-state index contributed by atoms with van der Waals surface area (Å²) >= 11 is 4.46. The van der Waals surface area contributed by atoms with Gasteiger partial charge in [0.2, 0.25) is 0 Å². The molecule has 8 rings (SSSR count). The van der Waals surface area contributed by atoms with Gasteiger partial charge in [-0.05, 0) is 79.8 Å². The molecule has 4 unspecified atom stereocenters. The maximum Gasteiger partial charge on any atom is 1.00 e. The maximum absolute atomic E-state index is 13.7. The average molecular weight is 1360 g/mol. The number of hydrogen-bond acceptors (Lipinski definition) is 12. The number of hydrogen-bond donors (Lipinski definition) is 2. The van der Waals surface area contributed by atoms with Crippen molar-refractivity contribution in [1.82, 2.24) is 9.21 Å². The van der Waals surface area contributed by atoms with Gasteiger partial charge < -0.3 is 40.7 Å². The van der Waals surface area contributed by atoms with E-state index in [0.29, 0.717) is 19.7 Å². The van der Waals surface area contributed by atoms with Crippen molar-refractivity contribution in [2.75, 3.05) is 0 Å². The van der Waals surface area contributed by atoms with E-state index >= 15 is 0 Å². The van der Waals surface area contributed by atoms with Crippen LogP contribution in [-0.2, 0) is 70.7 Å². The van der Waals surface area contributed by atoms with Crippen molar-refractivity contribution in [3.63, 3.8) is 0 Å². The van der Waals surface area contributed by atoms with Gasteiger partial charge >= 0.3 is 71.2 Å². The Bertz CT molecular complexity index is 2650. The van der Waals surface area contributed by atoms with Gasteiger partial charge in [-0.25, -0.2) is 13.3 Å². The van der Waals surface area contributed by atoms with Gasteiger partial charge in [0.05, 0.1) is 36.9 Å². The van der Waals surface area contributed by atoms with Crippen molar-refractivity contribution in [3.8, 4) is 0 Å². The minimum atomic E-state index is -1.26. The molecule has 2 fully saturated rings. The number of rotatable bonds is 16. The zero-order chi connectivity index (χ0) is 55.6. The van der Waals surface area contributed by atoms with Crippen LogP contribution in [0.25, 0.3) is 0 Å². The van der Waals surface area contributed by atoms with Gasteiger partial charge in [0.25, 0.3) is 6.47 Å². The summed E-state index contributed by atoms with van der Waals surface area (Å²) in [6.07, 6.45) is 0.585. The Morgan fingerprint density at radius 3 is 1.32 bits per heavy atom. The molecule has 0 saturated carbocycles. The predicted octanol–water partition coefficient (Wildman–Crippen LogP) is 5.80. The van der Waals surface area contributed by atoms with E-state index in [1.807, 2.05) is 178 Å². The molecule has 0 aromatic heterocycles. The summed E-state index contributed by atoms with van der Waals surface area (Å²) in [5.74, 6) is -0.242. The summed E-state index contributed by atoms with van der Waals surface area (Å²) in [5.41, 5.74) is 6.06. The second-order valence-corrected chi connectivity index (χ2v) is 24.5. The summed E-state index contributed by atoms with van der Waals surface area (Å²) in [5, 5.41) is 29.3. The van der Waals surface area contributed by atoms with E-state index in [2.05, 4.69) is 78.6 Å². The Kier molecular flexibility index (Phi) is 36.0. The fraction of sp³-hybridized carbons (Fsp3) is 0.361. The summed E-state index contributed by atoms with van der Waals surface area (Å²) in [6, 6.07) is 58.6. The number of carbonyl (C=O) groups excluding carboxylic acids is 3. The molecule has 2 aliphatic heterocycles. The molecule has 2 heterocycles. The van der Waals surface area contributed by atoms with Gasteiger partial charge in [0.15, 0.2) is 12.6 Å². The SMILES string of the molecule is C.CC(=O)OCc1ccccc1.CC(C)(C)[S@@](=O)N(Cc1ccccc1)[C@H](c1ccccc1)[C@@H]1CCC(I)C(O)O1.O=C(OCc1ccccc1)N(Cc1ccccc1)[C@H](c1ccccc1)[C@@H]1CCC(I)C(O)O1.O=CO[O-].[H-].[Na+].[Na+]. The largest absolute Gasteiger partial charge is 1.00 e. The molecule has 9 atom stereocenters. The van der Waals surface area contributed by atoms with Crippen LogP contribution >= 0.6 is 45.2 Å². The first kappa shape index (κ1) is 73.0. The molecule has 2 saturated heterocycles. The number of aliphatic hydroxyl groups excluding tert-OH is 2. The van der Waals surface area contributed by atoms with Crippen molar-refractivity contribution < 1.29 is 118 Å². The zero-order valence-corrected chi connectivity index (χ0v) is 54.8. The third kappa shape index (κ3) is 25.0. The van der Waals surface area contributed by atoms with Crippen LogP contribution in [0.3, 0.4) is 0 Å².